The summed E-state index contributed by atoms with van der Waals surface area (Å²) in [6, 6.07) is 0. The fourth-order valence-corrected chi connectivity index (χ4v) is 5.32. The predicted molar refractivity (Wildman–Crippen MR) is 81.4 cm³/mol. The number of sulfonamides is 1. The molecule has 118 valence electrons. The first kappa shape index (κ1) is 16.4. The van der Waals surface area contributed by atoms with E-state index in [1.165, 1.54) is 0 Å². The summed E-state index contributed by atoms with van der Waals surface area (Å²) in [7, 11) is -3.77. The van der Waals surface area contributed by atoms with Crippen molar-refractivity contribution < 1.29 is 18.3 Å². The molecule has 1 fully saturated rings. The maximum absolute atomic E-state index is 12.4. The second-order valence-corrected chi connectivity index (χ2v) is 7.87. The van der Waals surface area contributed by atoms with Crippen LogP contribution in [0.15, 0.2) is 10.3 Å². The fraction of sp³-hybridized carbons (Fsp3) is 0.615. The molecule has 1 aromatic heterocycles. The highest BCUT2D eigenvalue weighted by Gasteiger charge is 2.28. The lowest BCUT2D eigenvalue weighted by molar-refractivity contribution is 0.0698. The van der Waals surface area contributed by atoms with E-state index in [2.05, 4.69) is 16.5 Å². The van der Waals surface area contributed by atoms with Crippen molar-refractivity contribution in [2.24, 2.45) is 5.92 Å². The summed E-state index contributed by atoms with van der Waals surface area (Å²) in [6.07, 6.45) is 0.963. The number of nitrogens with zero attached hydrogens (tertiary/aromatic N) is 1. The molecule has 0 amide bonds. The molecule has 1 saturated heterocycles. The second-order valence-electron chi connectivity index (χ2n) is 5.28. The van der Waals surface area contributed by atoms with E-state index >= 15 is 0 Å². The SMILES string of the molecule is CCN1CCC(CNS(=O)(=O)c2c(C)csc2C(=O)O)C1. The van der Waals surface area contributed by atoms with E-state index in [1.54, 1.807) is 12.3 Å². The van der Waals surface area contributed by atoms with Gasteiger partial charge in [0, 0.05) is 13.1 Å². The van der Waals surface area contributed by atoms with Gasteiger partial charge in [-0.25, -0.2) is 17.9 Å². The Morgan fingerprint density at radius 1 is 1.57 bits per heavy atom. The zero-order valence-electron chi connectivity index (χ0n) is 12.1. The molecule has 2 rings (SSSR count). The Kier molecular flexibility index (Phi) is 5.03. The highest BCUT2D eigenvalue weighted by atomic mass is 32.2. The molecule has 2 heterocycles. The molecule has 0 aliphatic carbocycles. The van der Waals surface area contributed by atoms with Crippen LogP contribution >= 0.6 is 11.3 Å². The highest BCUT2D eigenvalue weighted by Crippen LogP contribution is 2.27. The van der Waals surface area contributed by atoms with Crippen molar-refractivity contribution in [1.29, 1.82) is 0 Å². The average Bonchev–Trinajstić information content (AvgIpc) is 3.02. The minimum atomic E-state index is -3.77. The summed E-state index contributed by atoms with van der Waals surface area (Å²) in [6.45, 7) is 6.89. The summed E-state index contributed by atoms with van der Waals surface area (Å²) in [5, 5.41) is 10.7. The summed E-state index contributed by atoms with van der Waals surface area (Å²) in [4.78, 5) is 13.2. The quantitative estimate of drug-likeness (QED) is 0.822. The Bertz CT molecular complexity index is 624. The Morgan fingerprint density at radius 3 is 2.86 bits per heavy atom. The number of carboxylic acids is 1. The average molecular weight is 332 g/mol. The minimum absolute atomic E-state index is 0.0923. The molecule has 0 aromatic carbocycles. The molecule has 8 heteroatoms. The van der Waals surface area contributed by atoms with Gasteiger partial charge in [-0.15, -0.1) is 11.3 Å². The number of aryl methyl sites for hydroxylation is 1. The number of aromatic carboxylic acids is 1. The van der Waals surface area contributed by atoms with Gasteiger partial charge in [0.25, 0.3) is 0 Å². The molecule has 1 aliphatic rings. The van der Waals surface area contributed by atoms with Gasteiger partial charge < -0.3 is 10.0 Å². The number of thiophene rings is 1. The third-order valence-corrected chi connectivity index (χ3v) is 6.59. The molecule has 0 saturated carbocycles. The lowest BCUT2D eigenvalue weighted by atomic mass is 10.1. The Morgan fingerprint density at radius 2 is 2.29 bits per heavy atom. The number of carboxylic acid groups (broad SMARTS) is 1. The topological polar surface area (TPSA) is 86.7 Å². The van der Waals surface area contributed by atoms with Gasteiger partial charge in [-0.3, -0.25) is 0 Å². The van der Waals surface area contributed by atoms with Crippen molar-refractivity contribution in [2.75, 3.05) is 26.2 Å². The standard InChI is InChI=1S/C13H20N2O4S2/c1-3-15-5-4-10(7-15)6-14-21(18,19)12-9(2)8-20-11(12)13(16)17/h8,10,14H,3-7H2,1-2H3,(H,16,17). The van der Waals surface area contributed by atoms with E-state index in [0.717, 1.165) is 37.4 Å². The van der Waals surface area contributed by atoms with E-state index in [0.29, 0.717) is 12.1 Å². The minimum Gasteiger partial charge on any atom is -0.477 e. The van der Waals surface area contributed by atoms with Crippen molar-refractivity contribution in [1.82, 2.24) is 9.62 Å². The van der Waals surface area contributed by atoms with Gasteiger partial charge in [0.1, 0.15) is 9.77 Å². The van der Waals surface area contributed by atoms with Crippen LogP contribution in [0.1, 0.15) is 28.6 Å². The smallest absolute Gasteiger partial charge is 0.347 e. The zero-order valence-corrected chi connectivity index (χ0v) is 13.8. The van der Waals surface area contributed by atoms with Crippen LogP contribution in [0.4, 0.5) is 0 Å². The highest BCUT2D eigenvalue weighted by molar-refractivity contribution is 7.89. The van der Waals surface area contributed by atoms with Crippen LogP contribution in [0.5, 0.6) is 0 Å². The molecule has 1 aromatic rings. The van der Waals surface area contributed by atoms with Crippen molar-refractivity contribution in [3.8, 4) is 0 Å². The van der Waals surface area contributed by atoms with Gasteiger partial charge in [-0.2, -0.15) is 0 Å². The second kappa shape index (κ2) is 6.43. The van der Waals surface area contributed by atoms with Crippen LogP contribution in [0.3, 0.4) is 0 Å². The Balaban J connectivity index is 2.09. The molecular formula is C13H20N2O4S2. The molecule has 0 spiro atoms. The first-order valence-electron chi connectivity index (χ1n) is 6.88. The van der Waals surface area contributed by atoms with Crippen molar-refractivity contribution in [3.05, 3.63) is 15.8 Å². The third-order valence-electron chi connectivity index (χ3n) is 3.76. The van der Waals surface area contributed by atoms with Gasteiger partial charge in [0.15, 0.2) is 0 Å². The van der Waals surface area contributed by atoms with Crippen LogP contribution < -0.4 is 4.72 Å². The Hall–Kier alpha value is -0.960. The lowest BCUT2D eigenvalue weighted by Crippen LogP contribution is -2.32. The molecular weight excluding hydrogens is 312 g/mol. The number of likely N-dealkylation sites (tertiary alicyclic amines) is 1. The molecule has 0 bridgehead atoms. The van der Waals surface area contributed by atoms with Crippen LogP contribution in [-0.4, -0.2) is 50.6 Å². The van der Waals surface area contributed by atoms with E-state index in [-0.39, 0.29) is 15.7 Å². The number of hydrogen-bond acceptors (Lipinski definition) is 5. The summed E-state index contributed by atoms with van der Waals surface area (Å²) >= 11 is 0.946. The summed E-state index contributed by atoms with van der Waals surface area (Å²) in [5.74, 6) is -0.918. The van der Waals surface area contributed by atoms with Crippen LogP contribution in [0.2, 0.25) is 0 Å². The van der Waals surface area contributed by atoms with Crippen LogP contribution in [0.25, 0.3) is 0 Å². The first-order valence-corrected chi connectivity index (χ1v) is 9.24. The monoisotopic (exact) mass is 332 g/mol. The van der Waals surface area contributed by atoms with Crippen molar-refractivity contribution in [3.63, 3.8) is 0 Å². The lowest BCUT2D eigenvalue weighted by Gasteiger charge is -2.14. The van der Waals surface area contributed by atoms with Crippen molar-refractivity contribution in [2.45, 2.75) is 25.2 Å². The maximum Gasteiger partial charge on any atom is 0.347 e. The molecule has 1 aliphatic heterocycles. The summed E-state index contributed by atoms with van der Waals surface area (Å²) < 4.78 is 27.3. The molecule has 2 N–H and O–H groups in total. The molecule has 0 radical (unpaired) electrons. The van der Waals surface area contributed by atoms with Crippen LogP contribution in [0, 0.1) is 12.8 Å². The predicted octanol–water partition coefficient (Wildman–Crippen LogP) is 1.37. The summed E-state index contributed by atoms with van der Waals surface area (Å²) in [5.41, 5.74) is 0.478. The number of nitrogens with one attached hydrogen (secondary N) is 1. The van der Waals surface area contributed by atoms with E-state index in [4.69, 9.17) is 5.11 Å². The van der Waals surface area contributed by atoms with Gasteiger partial charge in [-0.1, -0.05) is 6.92 Å². The number of carbonyl (C=O) groups is 1. The van der Waals surface area contributed by atoms with E-state index in [9.17, 15) is 13.2 Å². The van der Waals surface area contributed by atoms with Crippen molar-refractivity contribution >= 4 is 27.3 Å². The third kappa shape index (κ3) is 3.63. The van der Waals surface area contributed by atoms with Gasteiger partial charge in [-0.05, 0) is 43.3 Å². The molecule has 1 atom stereocenters. The number of rotatable bonds is 6. The maximum atomic E-state index is 12.4. The van der Waals surface area contributed by atoms with E-state index in [1.807, 2.05) is 0 Å². The fourth-order valence-electron chi connectivity index (χ4n) is 2.58. The molecule has 21 heavy (non-hydrogen) atoms. The normalized spacial score (nSPS) is 20.0. The molecule has 6 nitrogen and oxygen atoms in total. The zero-order chi connectivity index (χ0) is 15.6. The molecule has 1 unspecified atom stereocenters. The largest absolute Gasteiger partial charge is 0.477 e. The van der Waals surface area contributed by atoms with Crippen LogP contribution in [-0.2, 0) is 10.0 Å². The van der Waals surface area contributed by atoms with Gasteiger partial charge in [0.2, 0.25) is 10.0 Å². The van der Waals surface area contributed by atoms with Gasteiger partial charge >= 0.3 is 5.97 Å². The van der Waals surface area contributed by atoms with E-state index < -0.39 is 16.0 Å². The Labute approximate surface area is 128 Å². The first-order chi connectivity index (χ1) is 9.85. The number of hydrogen-bond donors (Lipinski definition) is 2. The van der Waals surface area contributed by atoms with Gasteiger partial charge in [0.05, 0.1) is 0 Å².